The number of aromatic nitrogens is 1. The molecule has 0 spiro atoms. The SMILES string of the molecule is CCOC(=O)[C@@H]1CN(Cc2ccco2)C[C@@H]2CN(C(=O)c3ccnc(F)c3)CCN2C1. The fraction of sp³-hybridized carbons (Fsp3) is 0.500. The zero-order valence-electron chi connectivity index (χ0n) is 17.6. The molecule has 4 heterocycles. The van der Waals surface area contributed by atoms with E-state index in [0.29, 0.717) is 58.0 Å². The number of nitrogens with zero attached hydrogens (tertiary/aromatic N) is 4. The molecule has 0 saturated carbocycles. The third-order valence-corrected chi connectivity index (χ3v) is 5.85. The highest BCUT2D eigenvalue weighted by atomic mass is 19.1. The van der Waals surface area contributed by atoms with Crippen LogP contribution in [0.2, 0.25) is 0 Å². The molecule has 0 bridgehead atoms. The van der Waals surface area contributed by atoms with Crippen LogP contribution >= 0.6 is 0 Å². The molecule has 166 valence electrons. The number of furan rings is 1. The van der Waals surface area contributed by atoms with Crippen molar-refractivity contribution in [2.75, 3.05) is 45.9 Å². The van der Waals surface area contributed by atoms with E-state index in [1.165, 1.54) is 18.3 Å². The van der Waals surface area contributed by atoms with Crippen LogP contribution in [0.1, 0.15) is 23.0 Å². The second kappa shape index (κ2) is 9.57. The Bertz CT molecular complexity index is 907. The monoisotopic (exact) mass is 430 g/mol. The van der Waals surface area contributed by atoms with Gasteiger partial charge in [-0.2, -0.15) is 4.39 Å². The zero-order valence-corrected chi connectivity index (χ0v) is 17.6. The predicted octanol–water partition coefficient (Wildman–Crippen LogP) is 1.64. The summed E-state index contributed by atoms with van der Waals surface area (Å²) in [6, 6.07) is 6.51. The fourth-order valence-electron chi connectivity index (χ4n) is 4.40. The van der Waals surface area contributed by atoms with Crippen LogP contribution < -0.4 is 0 Å². The number of esters is 1. The first-order valence-electron chi connectivity index (χ1n) is 10.6. The van der Waals surface area contributed by atoms with Gasteiger partial charge in [0.1, 0.15) is 5.76 Å². The number of hydrogen-bond donors (Lipinski definition) is 0. The first kappa shape index (κ1) is 21.5. The summed E-state index contributed by atoms with van der Waals surface area (Å²) in [4.78, 5) is 35.2. The Morgan fingerprint density at radius 2 is 2.10 bits per heavy atom. The Balaban J connectivity index is 1.50. The maximum atomic E-state index is 13.5. The molecule has 31 heavy (non-hydrogen) atoms. The molecule has 2 aliphatic rings. The lowest BCUT2D eigenvalue weighted by Crippen LogP contribution is -2.57. The van der Waals surface area contributed by atoms with Crippen molar-refractivity contribution >= 4 is 11.9 Å². The Morgan fingerprint density at radius 3 is 2.84 bits per heavy atom. The second-order valence-electron chi connectivity index (χ2n) is 7.99. The first-order valence-corrected chi connectivity index (χ1v) is 10.6. The number of pyridine rings is 1. The van der Waals surface area contributed by atoms with Gasteiger partial charge in [0, 0.05) is 63.1 Å². The van der Waals surface area contributed by atoms with Crippen molar-refractivity contribution in [3.05, 3.63) is 54.0 Å². The molecular weight excluding hydrogens is 403 g/mol. The van der Waals surface area contributed by atoms with Gasteiger partial charge in [-0.15, -0.1) is 0 Å². The molecule has 1 amide bonds. The lowest BCUT2D eigenvalue weighted by molar-refractivity contribution is -0.149. The van der Waals surface area contributed by atoms with Gasteiger partial charge in [-0.1, -0.05) is 0 Å². The van der Waals surface area contributed by atoms with Crippen molar-refractivity contribution in [1.82, 2.24) is 19.7 Å². The maximum absolute atomic E-state index is 13.5. The number of ether oxygens (including phenoxy) is 1. The molecule has 2 aromatic heterocycles. The van der Waals surface area contributed by atoms with Crippen LogP contribution in [0.15, 0.2) is 41.1 Å². The molecule has 0 N–H and O–H groups in total. The van der Waals surface area contributed by atoms with Gasteiger partial charge >= 0.3 is 5.97 Å². The summed E-state index contributed by atoms with van der Waals surface area (Å²) in [7, 11) is 0. The number of carbonyl (C=O) groups is 2. The molecule has 0 aliphatic carbocycles. The van der Waals surface area contributed by atoms with Gasteiger partial charge in [-0.25, -0.2) is 4.98 Å². The van der Waals surface area contributed by atoms with Crippen molar-refractivity contribution in [2.24, 2.45) is 5.92 Å². The summed E-state index contributed by atoms with van der Waals surface area (Å²) in [5.74, 6) is -0.507. The quantitative estimate of drug-likeness (QED) is 0.527. The number of amides is 1. The summed E-state index contributed by atoms with van der Waals surface area (Å²) >= 11 is 0. The average Bonchev–Trinajstić information content (AvgIpc) is 3.19. The summed E-state index contributed by atoms with van der Waals surface area (Å²) in [5, 5.41) is 0. The maximum Gasteiger partial charge on any atom is 0.311 e. The van der Waals surface area contributed by atoms with E-state index in [1.54, 1.807) is 11.2 Å². The summed E-state index contributed by atoms with van der Waals surface area (Å²) in [6.07, 6.45) is 2.94. The highest BCUT2D eigenvalue weighted by Crippen LogP contribution is 2.22. The Morgan fingerprint density at radius 1 is 1.23 bits per heavy atom. The van der Waals surface area contributed by atoms with E-state index in [2.05, 4.69) is 14.8 Å². The summed E-state index contributed by atoms with van der Waals surface area (Å²) in [5.41, 5.74) is 0.298. The van der Waals surface area contributed by atoms with Gasteiger partial charge in [0.25, 0.3) is 5.91 Å². The molecule has 2 saturated heterocycles. The number of carbonyl (C=O) groups excluding carboxylic acids is 2. The Labute approximate surface area is 180 Å². The van der Waals surface area contributed by atoms with E-state index in [-0.39, 0.29) is 23.8 Å². The number of fused-ring (bicyclic) bond motifs is 1. The topological polar surface area (TPSA) is 79.1 Å². The van der Waals surface area contributed by atoms with Gasteiger partial charge in [-0.3, -0.25) is 19.4 Å². The molecule has 4 rings (SSSR count). The normalized spacial score (nSPS) is 22.6. The lowest BCUT2D eigenvalue weighted by atomic mass is 10.1. The van der Waals surface area contributed by atoms with Crippen molar-refractivity contribution in [3.63, 3.8) is 0 Å². The van der Waals surface area contributed by atoms with E-state index >= 15 is 0 Å². The van der Waals surface area contributed by atoms with Crippen molar-refractivity contribution in [2.45, 2.75) is 19.5 Å². The lowest BCUT2D eigenvalue weighted by Gasteiger charge is -2.41. The molecular formula is C22H27FN4O4. The molecule has 2 fully saturated rings. The zero-order chi connectivity index (χ0) is 21.8. The van der Waals surface area contributed by atoms with Crippen molar-refractivity contribution in [3.8, 4) is 0 Å². The molecule has 0 aromatic carbocycles. The summed E-state index contributed by atoms with van der Waals surface area (Å²) < 4.78 is 24.3. The number of hydrogen-bond acceptors (Lipinski definition) is 7. The molecule has 0 unspecified atom stereocenters. The van der Waals surface area contributed by atoms with Gasteiger partial charge in [-0.05, 0) is 25.1 Å². The van der Waals surface area contributed by atoms with E-state index in [1.807, 2.05) is 19.1 Å². The Kier molecular flexibility index (Phi) is 6.62. The summed E-state index contributed by atoms with van der Waals surface area (Å²) in [6.45, 7) is 6.25. The van der Waals surface area contributed by atoms with Crippen LogP contribution in [0.25, 0.3) is 0 Å². The molecule has 8 nitrogen and oxygen atoms in total. The molecule has 2 aromatic rings. The van der Waals surface area contributed by atoms with E-state index in [9.17, 15) is 14.0 Å². The van der Waals surface area contributed by atoms with Crippen LogP contribution in [-0.2, 0) is 16.1 Å². The Hall–Kier alpha value is -2.78. The van der Waals surface area contributed by atoms with Crippen molar-refractivity contribution in [1.29, 1.82) is 0 Å². The fourth-order valence-corrected chi connectivity index (χ4v) is 4.40. The average molecular weight is 430 g/mol. The number of halogens is 1. The third kappa shape index (κ3) is 5.11. The van der Waals surface area contributed by atoms with Crippen molar-refractivity contribution < 1.29 is 23.1 Å². The van der Waals surface area contributed by atoms with Crippen LogP contribution in [0.4, 0.5) is 4.39 Å². The minimum atomic E-state index is -0.666. The van der Waals surface area contributed by atoms with E-state index in [0.717, 1.165) is 5.76 Å². The van der Waals surface area contributed by atoms with Gasteiger partial charge in [0.2, 0.25) is 5.95 Å². The van der Waals surface area contributed by atoms with Crippen LogP contribution in [0.5, 0.6) is 0 Å². The van der Waals surface area contributed by atoms with Gasteiger partial charge in [0.15, 0.2) is 0 Å². The highest BCUT2D eigenvalue weighted by molar-refractivity contribution is 5.94. The highest BCUT2D eigenvalue weighted by Gasteiger charge is 2.38. The molecule has 2 atom stereocenters. The standard InChI is InChI=1S/C22H27FN4O4/c1-2-30-22(29)17-11-25(15-19-4-3-9-31-19)13-18-14-27(8-7-26(18)12-17)21(28)16-5-6-24-20(23)10-16/h3-6,9-10,17-18H,2,7-8,11-15H2,1H3/t17-,18-/m1/s1. The first-order chi connectivity index (χ1) is 15.0. The van der Waals surface area contributed by atoms with E-state index in [4.69, 9.17) is 9.15 Å². The van der Waals surface area contributed by atoms with Crippen LogP contribution in [0, 0.1) is 11.9 Å². The third-order valence-electron chi connectivity index (χ3n) is 5.85. The smallest absolute Gasteiger partial charge is 0.311 e. The van der Waals surface area contributed by atoms with Crippen LogP contribution in [-0.4, -0.2) is 83.5 Å². The minimum absolute atomic E-state index is 0.0544. The van der Waals surface area contributed by atoms with Crippen LogP contribution in [0.3, 0.4) is 0 Å². The molecule has 9 heteroatoms. The minimum Gasteiger partial charge on any atom is -0.468 e. The molecule has 0 radical (unpaired) electrons. The number of rotatable bonds is 5. The van der Waals surface area contributed by atoms with Gasteiger partial charge in [0.05, 0.1) is 25.3 Å². The largest absolute Gasteiger partial charge is 0.468 e. The predicted molar refractivity (Wildman–Crippen MR) is 110 cm³/mol. The van der Waals surface area contributed by atoms with Gasteiger partial charge < -0.3 is 14.1 Å². The second-order valence-corrected chi connectivity index (χ2v) is 7.99. The number of piperazine rings is 1. The molecule has 2 aliphatic heterocycles. The van der Waals surface area contributed by atoms with E-state index < -0.39 is 5.95 Å².